The van der Waals surface area contributed by atoms with Gasteiger partial charge >= 0.3 is 0 Å². The SMILES string of the molecule is COc1cccc([C@@H]2CNC(=O)c3nc(-c4ccncc4C)[nH]c3C2)c1. The summed E-state index contributed by atoms with van der Waals surface area (Å²) in [6.07, 6.45) is 4.23. The molecule has 0 unspecified atom stereocenters. The maximum atomic E-state index is 12.5. The monoisotopic (exact) mass is 348 g/mol. The molecule has 0 radical (unpaired) electrons. The Morgan fingerprint density at radius 1 is 1.27 bits per heavy atom. The molecule has 2 aromatic heterocycles. The van der Waals surface area contributed by atoms with E-state index in [1.807, 2.05) is 31.2 Å². The average molecular weight is 348 g/mol. The number of H-pyrrole nitrogens is 1. The summed E-state index contributed by atoms with van der Waals surface area (Å²) < 4.78 is 5.33. The van der Waals surface area contributed by atoms with Crippen LogP contribution < -0.4 is 10.1 Å². The van der Waals surface area contributed by atoms with E-state index in [2.05, 4.69) is 26.3 Å². The molecule has 26 heavy (non-hydrogen) atoms. The number of carbonyl (C=O) groups is 1. The van der Waals surface area contributed by atoms with E-state index in [1.165, 1.54) is 0 Å². The third kappa shape index (κ3) is 2.94. The lowest BCUT2D eigenvalue weighted by Crippen LogP contribution is -2.26. The molecule has 3 heterocycles. The van der Waals surface area contributed by atoms with Crippen LogP contribution in [0.5, 0.6) is 5.75 Å². The Kier molecular flexibility index (Phi) is 4.16. The highest BCUT2D eigenvalue weighted by atomic mass is 16.5. The Bertz CT molecular complexity index is 964. The van der Waals surface area contributed by atoms with Gasteiger partial charge in [0.2, 0.25) is 0 Å². The number of rotatable bonds is 3. The van der Waals surface area contributed by atoms with E-state index in [0.717, 1.165) is 28.1 Å². The van der Waals surface area contributed by atoms with Crippen molar-refractivity contribution in [2.24, 2.45) is 0 Å². The van der Waals surface area contributed by atoms with Crippen LogP contribution in [0.25, 0.3) is 11.4 Å². The molecule has 0 aliphatic carbocycles. The quantitative estimate of drug-likeness (QED) is 0.763. The molecule has 6 heteroatoms. The Hall–Kier alpha value is -3.15. The summed E-state index contributed by atoms with van der Waals surface area (Å²) in [4.78, 5) is 24.5. The number of fused-ring (bicyclic) bond motifs is 1. The molecule has 0 saturated carbocycles. The van der Waals surface area contributed by atoms with E-state index >= 15 is 0 Å². The van der Waals surface area contributed by atoms with Gasteiger partial charge in [-0.25, -0.2) is 4.98 Å². The Morgan fingerprint density at radius 2 is 2.15 bits per heavy atom. The fraction of sp³-hybridized carbons (Fsp3) is 0.250. The number of pyridine rings is 1. The first-order valence-corrected chi connectivity index (χ1v) is 8.57. The first kappa shape index (κ1) is 16.3. The number of aromatic nitrogens is 3. The van der Waals surface area contributed by atoms with Gasteiger partial charge in [0.05, 0.1) is 7.11 Å². The number of nitrogens with zero attached hydrogens (tertiary/aromatic N) is 2. The summed E-state index contributed by atoms with van der Waals surface area (Å²) in [6.45, 7) is 2.55. The highest BCUT2D eigenvalue weighted by Crippen LogP contribution is 2.29. The molecule has 132 valence electrons. The second-order valence-electron chi connectivity index (χ2n) is 6.49. The second kappa shape index (κ2) is 6.63. The van der Waals surface area contributed by atoms with Gasteiger partial charge in [-0.3, -0.25) is 9.78 Å². The molecule has 1 aliphatic heterocycles. The third-order valence-corrected chi connectivity index (χ3v) is 4.79. The number of amides is 1. The molecule has 0 spiro atoms. The summed E-state index contributed by atoms with van der Waals surface area (Å²) in [7, 11) is 1.66. The number of ether oxygens (including phenoxy) is 1. The normalized spacial score (nSPS) is 16.5. The van der Waals surface area contributed by atoms with Crippen molar-refractivity contribution in [3.63, 3.8) is 0 Å². The van der Waals surface area contributed by atoms with E-state index in [1.54, 1.807) is 19.5 Å². The van der Waals surface area contributed by atoms with Gasteiger partial charge in [-0.2, -0.15) is 0 Å². The first-order chi connectivity index (χ1) is 12.7. The molecular formula is C20H20N4O2. The molecule has 0 bridgehead atoms. The summed E-state index contributed by atoms with van der Waals surface area (Å²) >= 11 is 0. The van der Waals surface area contributed by atoms with E-state index in [-0.39, 0.29) is 11.8 Å². The largest absolute Gasteiger partial charge is 0.497 e. The summed E-state index contributed by atoms with van der Waals surface area (Å²) in [5.74, 6) is 1.54. The fourth-order valence-electron chi connectivity index (χ4n) is 3.36. The molecule has 3 aromatic rings. The number of imidazole rings is 1. The Balaban J connectivity index is 1.71. The van der Waals surface area contributed by atoms with E-state index in [9.17, 15) is 4.79 Å². The van der Waals surface area contributed by atoms with Crippen molar-refractivity contribution in [1.82, 2.24) is 20.3 Å². The molecule has 1 aromatic carbocycles. The van der Waals surface area contributed by atoms with Crippen molar-refractivity contribution < 1.29 is 9.53 Å². The Morgan fingerprint density at radius 3 is 2.96 bits per heavy atom. The van der Waals surface area contributed by atoms with Crippen LogP contribution in [0.3, 0.4) is 0 Å². The van der Waals surface area contributed by atoms with Crippen molar-refractivity contribution in [2.75, 3.05) is 13.7 Å². The van der Waals surface area contributed by atoms with Gasteiger partial charge < -0.3 is 15.0 Å². The molecule has 1 atom stereocenters. The smallest absolute Gasteiger partial charge is 0.271 e. The highest BCUT2D eigenvalue weighted by molar-refractivity contribution is 5.94. The van der Waals surface area contributed by atoms with Crippen molar-refractivity contribution in [1.29, 1.82) is 0 Å². The van der Waals surface area contributed by atoms with Gasteiger partial charge in [-0.15, -0.1) is 0 Å². The minimum Gasteiger partial charge on any atom is -0.497 e. The molecule has 0 fully saturated rings. The molecule has 1 aliphatic rings. The van der Waals surface area contributed by atoms with Gasteiger partial charge in [0.25, 0.3) is 5.91 Å². The Labute approximate surface area is 151 Å². The van der Waals surface area contributed by atoms with E-state index < -0.39 is 0 Å². The fourth-order valence-corrected chi connectivity index (χ4v) is 3.36. The zero-order chi connectivity index (χ0) is 18.1. The van der Waals surface area contributed by atoms with Crippen LogP contribution in [0.1, 0.15) is 33.2 Å². The lowest BCUT2D eigenvalue weighted by atomic mass is 9.94. The summed E-state index contributed by atoms with van der Waals surface area (Å²) in [6, 6.07) is 9.89. The molecular weight excluding hydrogens is 328 g/mol. The number of methoxy groups -OCH3 is 1. The van der Waals surface area contributed by atoms with Crippen LogP contribution in [0, 0.1) is 6.92 Å². The third-order valence-electron chi connectivity index (χ3n) is 4.79. The zero-order valence-corrected chi connectivity index (χ0v) is 14.7. The predicted molar refractivity (Wildman–Crippen MR) is 98.3 cm³/mol. The van der Waals surface area contributed by atoms with Gasteiger partial charge in [0.15, 0.2) is 0 Å². The number of aromatic amines is 1. The number of nitrogens with one attached hydrogen (secondary N) is 2. The van der Waals surface area contributed by atoms with Crippen molar-refractivity contribution in [3.8, 4) is 17.1 Å². The van der Waals surface area contributed by atoms with Crippen LogP contribution in [-0.2, 0) is 6.42 Å². The second-order valence-corrected chi connectivity index (χ2v) is 6.49. The molecule has 2 N–H and O–H groups in total. The van der Waals surface area contributed by atoms with Crippen LogP contribution in [0.15, 0.2) is 42.7 Å². The van der Waals surface area contributed by atoms with Crippen LogP contribution in [0.4, 0.5) is 0 Å². The number of aryl methyl sites for hydroxylation is 1. The predicted octanol–water partition coefficient (Wildman–Crippen LogP) is 2.86. The number of hydrogen-bond acceptors (Lipinski definition) is 4. The van der Waals surface area contributed by atoms with E-state index in [0.29, 0.717) is 24.5 Å². The maximum absolute atomic E-state index is 12.5. The highest BCUT2D eigenvalue weighted by Gasteiger charge is 2.27. The molecule has 1 amide bonds. The van der Waals surface area contributed by atoms with Gasteiger partial charge in [0.1, 0.15) is 17.3 Å². The average Bonchev–Trinajstić information content (AvgIpc) is 3.02. The van der Waals surface area contributed by atoms with Crippen LogP contribution in [-0.4, -0.2) is 34.5 Å². The zero-order valence-electron chi connectivity index (χ0n) is 14.7. The van der Waals surface area contributed by atoms with Crippen molar-refractivity contribution >= 4 is 5.91 Å². The first-order valence-electron chi connectivity index (χ1n) is 8.57. The van der Waals surface area contributed by atoms with Crippen molar-refractivity contribution in [3.05, 3.63) is 65.2 Å². The maximum Gasteiger partial charge on any atom is 0.271 e. The molecule has 6 nitrogen and oxygen atoms in total. The minimum atomic E-state index is -0.139. The minimum absolute atomic E-state index is 0.139. The topological polar surface area (TPSA) is 79.9 Å². The van der Waals surface area contributed by atoms with Crippen molar-refractivity contribution in [2.45, 2.75) is 19.3 Å². The molecule has 4 rings (SSSR count). The standard InChI is InChI=1S/C20H20N4O2/c1-12-10-21-7-6-16(12)19-23-17-9-14(11-22-20(25)18(17)24-19)13-4-3-5-15(8-13)26-2/h3-8,10,14H,9,11H2,1-2H3,(H,22,25)(H,23,24)/t14-/m0/s1. The summed E-state index contributed by atoms with van der Waals surface area (Å²) in [5.41, 5.74) is 4.44. The number of benzene rings is 1. The summed E-state index contributed by atoms with van der Waals surface area (Å²) in [5, 5.41) is 2.99. The number of carbonyl (C=O) groups excluding carboxylic acids is 1. The van der Waals surface area contributed by atoms with Gasteiger partial charge in [-0.05, 0) is 42.7 Å². The lowest BCUT2D eigenvalue weighted by Gasteiger charge is -2.15. The van der Waals surface area contributed by atoms with Crippen LogP contribution >= 0.6 is 0 Å². The number of hydrogen-bond donors (Lipinski definition) is 2. The van der Waals surface area contributed by atoms with E-state index in [4.69, 9.17) is 4.74 Å². The van der Waals surface area contributed by atoms with Crippen LogP contribution in [0.2, 0.25) is 0 Å². The lowest BCUT2D eigenvalue weighted by molar-refractivity contribution is 0.0950. The molecule has 0 saturated heterocycles. The van der Waals surface area contributed by atoms with Gasteiger partial charge in [0, 0.05) is 36.1 Å². The van der Waals surface area contributed by atoms with Gasteiger partial charge in [-0.1, -0.05) is 12.1 Å².